The van der Waals surface area contributed by atoms with Crippen LogP contribution in [0.3, 0.4) is 0 Å². The first-order valence-electron chi connectivity index (χ1n) is 8.97. The first-order valence-corrected chi connectivity index (χ1v) is 8.97. The molecule has 5 heteroatoms. The summed E-state index contributed by atoms with van der Waals surface area (Å²) in [5, 5.41) is 3.02. The van der Waals surface area contributed by atoms with Crippen LogP contribution in [0.25, 0.3) is 0 Å². The number of carbonyl (C=O) groups excluding carboxylic acids is 2. The van der Waals surface area contributed by atoms with Gasteiger partial charge < -0.3 is 15.0 Å². The van der Waals surface area contributed by atoms with Gasteiger partial charge in [-0.3, -0.25) is 4.79 Å². The molecule has 0 fully saturated rings. The molecule has 140 valence electrons. The van der Waals surface area contributed by atoms with Crippen LogP contribution in [0.4, 0.5) is 0 Å². The van der Waals surface area contributed by atoms with Gasteiger partial charge in [0, 0.05) is 11.7 Å². The molecule has 1 atom stereocenters. The zero-order valence-electron chi connectivity index (χ0n) is 16.4. The maximum Gasteiger partial charge on any atom is 0.340 e. The normalized spacial score (nSPS) is 11.9. The minimum absolute atomic E-state index is 0.0297. The predicted molar refractivity (Wildman–Crippen MR) is 103 cm³/mol. The van der Waals surface area contributed by atoms with E-state index in [0.717, 1.165) is 6.42 Å². The second-order valence-electron chi connectivity index (χ2n) is 6.85. The van der Waals surface area contributed by atoms with Crippen molar-refractivity contribution in [3.8, 4) is 0 Å². The van der Waals surface area contributed by atoms with Crippen LogP contribution in [0.5, 0.6) is 0 Å². The Kier molecular flexibility index (Phi) is 6.24. The van der Waals surface area contributed by atoms with Crippen LogP contribution in [0, 0.1) is 27.7 Å². The van der Waals surface area contributed by atoms with Crippen LogP contribution >= 0.6 is 0 Å². The lowest BCUT2D eigenvalue weighted by Crippen LogP contribution is -2.34. The Morgan fingerprint density at radius 3 is 2.50 bits per heavy atom. The number of benzene rings is 1. The van der Waals surface area contributed by atoms with E-state index in [1.807, 2.05) is 6.92 Å². The molecule has 2 rings (SSSR count). The fraction of sp³-hybridized carbons (Fsp3) is 0.429. The summed E-state index contributed by atoms with van der Waals surface area (Å²) in [6.45, 7) is 11.7. The molecule has 0 saturated carbocycles. The molecule has 0 bridgehead atoms. The van der Waals surface area contributed by atoms with Gasteiger partial charge in [0.25, 0.3) is 5.91 Å². The van der Waals surface area contributed by atoms with Crippen molar-refractivity contribution in [2.75, 3.05) is 6.61 Å². The van der Waals surface area contributed by atoms with Crippen molar-refractivity contribution in [1.82, 2.24) is 10.3 Å². The van der Waals surface area contributed by atoms with E-state index in [2.05, 4.69) is 42.3 Å². The summed E-state index contributed by atoms with van der Waals surface area (Å²) in [5.41, 5.74) is 5.80. The molecule has 0 aliphatic carbocycles. The Bertz CT molecular complexity index is 821. The van der Waals surface area contributed by atoms with E-state index in [4.69, 9.17) is 4.74 Å². The smallest absolute Gasteiger partial charge is 0.340 e. The third kappa shape index (κ3) is 4.34. The Hall–Kier alpha value is -2.56. The van der Waals surface area contributed by atoms with E-state index in [1.54, 1.807) is 20.8 Å². The lowest BCUT2D eigenvalue weighted by Gasteiger charge is -2.16. The van der Waals surface area contributed by atoms with Gasteiger partial charge in [-0.2, -0.15) is 0 Å². The first kappa shape index (κ1) is 19.8. The Labute approximate surface area is 155 Å². The Balaban J connectivity index is 2.12. The average molecular weight is 356 g/mol. The summed E-state index contributed by atoms with van der Waals surface area (Å²) in [5.74, 6) is -0.612. The second kappa shape index (κ2) is 8.21. The van der Waals surface area contributed by atoms with Crippen molar-refractivity contribution >= 4 is 11.9 Å². The van der Waals surface area contributed by atoms with E-state index in [9.17, 15) is 9.59 Å². The topological polar surface area (TPSA) is 71.2 Å². The van der Waals surface area contributed by atoms with Crippen molar-refractivity contribution in [1.29, 1.82) is 0 Å². The number of nitrogens with one attached hydrogen (secondary N) is 2. The summed E-state index contributed by atoms with van der Waals surface area (Å²) >= 11 is 0. The van der Waals surface area contributed by atoms with E-state index < -0.39 is 5.97 Å². The first-order chi connectivity index (χ1) is 12.2. The van der Waals surface area contributed by atoms with E-state index in [-0.39, 0.29) is 11.9 Å². The molecule has 0 spiro atoms. The summed E-state index contributed by atoms with van der Waals surface area (Å²) in [4.78, 5) is 27.8. The number of rotatable bonds is 6. The SMILES string of the molecule is CCOC(=O)c1c(C)[nH]c(C(=O)NC(C)Cc2ccc(C)cc2C)c1C. The highest BCUT2D eigenvalue weighted by molar-refractivity contribution is 6.00. The van der Waals surface area contributed by atoms with Gasteiger partial charge in [0.1, 0.15) is 5.69 Å². The van der Waals surface area contributed by atoms with E-state index in [0.29, 0.717) is 29.1 Å². The molecular formula is C21H28N2O3. The second-order valence-corrected chi connectivity index (χ2v) is 6.85. The fourth-order valence-corrected chi connectivity index (χ4v) is 3.24. The molecule has 0 saturated heterocycles. The lowest BCUT2D eigenvalue weighted by molar-refractivity contribution is 0.0525. The zero-order valence-corrected chi connectivity index (χ0v) is 16.4. The summed E-state index contributed by atoms with van der Waals surface area (Å²) in [7, 11) is 0. The number of ether oxygens (including phenoxy) is 1. The highest BCUT2D eigenvalue weighted by Gasteiger charge is 2.23. The van der Waals surface area contributed by atoms with Gasteiger partial charge in [-0.15, -0.1) is 0 Å². The number of aromatic amines is 1. The number of hydrogen-bond donors (Lipinski definition) is 2. The zero-order chi connectivity index (χ0) is 19.4. The maximum absolute atomic E-state index is 12.7. The molecule has 1 aromatic carbocycles. The minimum atomic E-state index is -0.402. The van der Waals surface area contributed by atoms with Crippen LogP contribution in [-0.2, 0) is 11.2 Å². The van der Waals surface area contributed by atoms with Crippen LogP contribution < -0.4 is 5.32 Å². The summed E-state index contributed by atoms with van der Waals surface area (Å²) < 4.78 is 5.07. The van der Waals surface area contributed by atoms with Gasteiger partial charge in [-0.1, -0.05) is 23.8 Å². The minimum Gasteiger partial charge on any atom is -0.462 e. The van der Waals surface area contributed by atoms with E-state index >= 15 is 0 Å². The molecule has 1 amide bonds. The molecule has 0 radical (unpaired) electrons. The third-order valence-electron chi connectivity index (χ3n) is 4.55. The van der Waals surface area contributed by atoms with Gasteiger partial charge in [-0.25, -0.2) is 4.79 Å². The molecule has 2 N–H and O–H groups in total. The summed E-state index contributed by atoms with van der Waals surface area (Å²) in [6.07, 6.45) is 0.751. The van der Waals surface area contributed by atoms with Gasteiger partial charge in [0.15, 0.2) is 0 Å². The molecule has 0 aliphatic rings. The lowest BCUT2D eigenvalue weighted by atomic mass is 10.00. The monoisotopic (exact) mass is 356 g/mol. The number of hydrogen-bond acceptors (Lipinski definition) is 3. The maximum atomic E-state index is 12.7. The molecule has 1 unspecified atom stereocenters. The number of aryl methyl sites for hydroxylation is 3. The van der Waals surface area contributed by atoms with Gasteiger partial charge in [0.05, 0.1) is 12.2 Å². The standard InChI is InChI=1S/C21H28N2O3/c1-7-26-21(25)18-15(5)19(23-16(18)6)20(24)22-14(4)11-17-9-8-12(2)10-13(17)3/h8-10,14,23H,7,11H2,1-6H3,(H,22,24). The van der Waals surface area contributed by atoms with Crippen molar-refractivity contribution < 1.29 is 14.3 Å². The van der Waals surface area contributed by atoms with Crippen molar-refractivity contribution in [3.05, 3.63) is 57.4 Å². The summed E-state index contributed by atoms with van der Waals surface area (Å²) in [6, 6.07) is 6.31. The molecule has 26 heavy (non-hydrogen) atoms. The quantitative estimate of drug-likeness (QED) is 0.774. The highest BCUT2D eigenvalue weighted by Crippen LogP contribution is 2.19. The Morgan fingerprint density at radius 1 is 1.19 bits per heavy atom. The number of aromatic nitrogens is 1. The molecule has 5 nitrogen and oxygen atoms in total. The van der Waals surface area contributed by atoms with Crippen LogP contribution in [0.2, 0.25) is 0 Å². The van der Waals surface area contributed by atoms with Crippen molar-refractivity contribution in [2.45, 2.75) is 54.0 Å². The number of H-pyrrole nitrogens is 1. The van der Waals surface area contributed by atoms with Crippen LogP contribution in [0.15, 0.2) is 18.2 Å². The third-order valence-corrected chi connectivity index (χ3v) is 4.55. The molecular weight excluding hydrogens is 328 g/mol. The predicted octanol–water partition coefficient (Wildman–Crippen LogP) is 3.79. The Morgan fingerprint density at radius 2 is 1.88 bits per heavy atom. The van der Waals surface area contributed by atoms with Crippen molar-refractivity contribution in [2.24, 2.45) is 0 Å². The highest BCUT2D eigenvalue weighted by atomic mass is 16.5. The van der Waals surface area contributed by atoms with Gasteiger partial charge >= 0.3 is 5.97 Å². The largest absolute Gasteiger partial charge is 0.462 e. The fourth-order valence-electron chi connectivity index (χ4n) is 3.24. The van der Waals surface area contributed by atoms with Crippen molar-refractivity contribution in [3.63, 3.8) is 0 Å². The molecule has 2 aromatic rings. The van der Waals surface area contributed by atoms with Crippen LogP contribution in [-0.4, -0.2) is 29.5 Å². The average Bonchev–Trinajstić information content (AvgIpc) is 2.85. The van der Waals surface area contributed by atoms with E-state index in [1.165, 1.54) is 16.7 Å². The van der Waals surface area contributed by atoms with Gasteiger partial charge in [-0.05, 0) is 64.7 Å². The molecule has 1 aromatic heterocycles. The molecule has 1 heterocycles. The number of carbonyl (C=O) groups is 2. The number of esters is 1. The van der Waals surface area contributed by atoms with Gasteiger partial charge in [0.2, 0.25) is 0 Å². The van der Waals surface area contributed by atoms with Crippen LogP contribution in [0.1, 0.15) is 62.6 Å². The molecule has 0 aliphatic heterocycles. The number of amides is 1.